The SMILES string of the molecule is Brc1ccc(-c2ccc3c(c2)-c2cccc4cccc(c24)N3c2ccc(-c3ccccc3)c3ccccc23)cc1. The summed E-state index contributed by atoms with van der Waals surface area (Å²) in [5, 5.41) is 5.04. The van der Waals surface area contributed by atoms with E-state index in [1.165, 1.54) is 72.0 Å². The average molecular weight is 575 g/mol. The standard InChI is InChI=1S/C38H24BrN/c39-29-19-16-25(17-20-29)28-18-22-36-34(24-28)33-14-6-10-27-11-7-15-37(38(27)33)40(36)35-23-21-30(26-8-2-1-3-9-26)31-12-4-5-13-32(31)35/h1-24H. The molecular formula is C38H24BrN. The summed E-state index contributed by atoms with van der Waals surface area (Å²) in [6, 6.07) is 52.9. The Morgan fingerprint density at radius 2 is 1.10 bits per heavy atom. The van der Waals surface area contributed by atoms with Crippen LogP contribution < -0.4 is 4.90 Å². The average Bonchev–Trinajstić information content (AvgIpc) is 3.02. The molecule has 0 saturated carbocycles. The third-order valence-corrected chi connectivity index (χ3v) is 8.58. The van der Waals surface area contributed by atoms with Crippen molar-refractivity contribution < 1.29 is 0 Å². The van der Waals surface area contributed by atoms with Gasteiger partial charge in [-0.15, -0.1) is 0 Å². The Kier molecular flexibility index (Phi) is 5.36. The summed E-state index contributed by atoms with van der Waals surface area (Å²) in [4.78, 5) is 2.47. The van der Waals surface area contributed by atoms with Crippen LogP contribution in [0.4, 0.5) is 17.1 Å². The molecule has 0 atom stereocenters. The van der Waals surface area contributed by atoms with E-state index in [1.807, 2.05) is 0 Å². The van der Waals surface area contributed by atoms with Crippen LogP contribution in [-0.4, -0.2) is 0 Å². The van der Waals surface area contributed by atoms with Gasteiger partial charge in [0, 0.05) is 20.8 Å². The summed E-state index contributed by atoms with van der Waals surface area (Å²) < 4.78 is 1.09. The summed E-state index contributed by atoms with van der Waals surface area (Å²) in [5.74, 6) is 0. The molecule has 0 radical (unpaired) electrons. The Morgan fingerprint density at radius 3 is 1.93 bits per heavy atom. The molecular weight excluding hydrogens is 550 g/mol. The summed E-state index contributed by atoms with van der Waals surface area (Å²) in [6.07, 6.45) is 0. The second-order valence-electron chi connectivity index (χ2n) is 10.3. The molecule has 0 spiro atoms. The lowest BCUT2D eigenvalue weighted by Crippen LogP contribution is -2.15. The first-order valence-electron chi connectivity index (χ1n) is 13.6. The highest BCUT2D eigenvalue weighted by Gasteiger charge is 2.27. The van der Waals surface area contributed by atoms with Gasteiger partial charge in [0.15, 0.2) is 0 Å². The van der Waals surface area contributed by atoms with Crippen LogP contribution in [-0.2, 0) is 0 Å². The van der Waals surface area contributed by atoms with Crippen LogP contribution >= 0.6 is 15.9 Å². The number of hydrogen-bond donors (Lipinski definition) is 0. The molecule has 7 aromatic carbocycles. The van der Waals surface area contributed by atoms with Crippen molar-refractivity contribution >= 4 is 54.5 Å². The van der Waals surface area contributed by atoms with Gasteiger partial charge in [0.2, 0.25) is 0 Å². The number of rotatable bonds is 3. The molecule has 2 heteroatoms. The third-order valence-electron chi connectivity index (χ3n) is 8.06. The maximum Gasteiger partial charge on any atom is 0.0546 e. The van der Waals surface area contributed by atoms with E-state index < -0.39 is 0 Å². The molecule has 0 unspecified atom stereocenters. The van der Waals surface area contributed by atoms with Gasteiger partial charge in [-0.05, 0) is 75.0 Å². The molecule has 8 rings (SSSR count). The van der Waals surface area contributed by atoms with Gasteiger partial charge in [0.05, 0.1) is 17.1 Å². The lowest BCUT2D eigenvalue weighted by Gasteiger charge is -2.34. The molecule has 0 amide bonds. The molecule has 0 bridgehead atoms. The fourth-order valence-electron chi connectivity index (χ4n) is 6.24. The van der Waals surface area contributed by atoms with Crippen LogP contribution in [0.25, 0.3) is 54.9 Å². The molecule has 7 aromatic rings. The van der Waals surface area contributed by atoms with Crippen molar-refractivity contribution in [3.8, 4) is 33.4 Å². The number of fused-ring (bicyclic) bond motifs is 3. The van der Waals surface area contributed by atoms with Crippen molar-refractivity contribution in [2.75, 3.05) is 4.90 Å². The number of halogens is 1. The van der Waals surface area contributed by atoms with E-state index in [2.05, 4.69) is 166 Å². The summed E-state index contributed by atoms with van der Waals surface area (Å²) in [5.41, 5.74) is 11.0. The smallest absolute Gasteiger partial charge is 0.0546 e. The Bertz CT molecular complexity index is 2050. The monoisotopic (exact) mass is 573 g/mol. The number of nitrogens with zero attached hydrogens (tertiary/aromatic N) is 1. The van der Waals surface area contributed by atoms with E-state index >= 15 is 0 Å². The maximum atomic E-state index is 3.58. The third kappa shape index (κ3) is 3.61. The molecule has 0 aromatic heterocycles. The Balaban J connectivity index is 1.42. The molecule has 0 saturated heterocycles. The lowest BCUT2D eigenvalue weighted by molar-refractivity contribution is 1.30. The number of benzene rings is 7. The predicted octanol–water partition coefficient (Wildman–Crippen LogP) is 11.5. The minimum Gasteiger partial charge on any atom is -0.309 e. The molecule has 0 fully saturated rings. The van der Waals surface area contributed by atoms with Gasteiger partial charge in [0.25, 0.3) is 0 Å². The van der Waals surface area contributed by atoms with E-state index in [9.17, 15) is 0 Å². The largest absolute Gasteiger partial charge is 0.309 e. The fourth-order valence-corrected chi connectivity index (χ4v) is 6.50. The maximum absolute atomic E-state index is 3.58. The zero-order valence-electron chi connectivity index (χ0n) is 21.7. The van der Waals surface area contributed by atoms with Gasteiger partial charge in [0.1, 0.15) is 0 Å². The van der Waals surface area contributed by atoms with E-state index in [0.717, 1.165) is 4.47 Å². The van der Waals surface area contributed by atoms with Gasteiger partial charge in [-0.25, -0.2) is 0 Å². The fraction of sp³-hybridized carbons (Fsp3) is 0. The molecule has 40 heavy (non-hydrogen) atoms. The molecule has 0 aliphatic carbocycles. The van der Waals surface area contributed by atoms with E-state index in [0.29, 0.717) is 0 Å². The topological polar surface area (TPSA) is 3.24 Å². The minimum atomic E-state index is 1.09. The van der Waals surface area contributed by atoms with Crippen LogP contribution in [0, 0.1) is 0 Å². The van der Waals surface area contributed by atoms with Crippen LogP contribution in [0.15, 0.2) is 150 Å². The predicted molar refractivity (Wildman–Crippen MR) is 174 cm³/mol. The molecule has 1 heterocycles. The van der Waals surface area contributed by atoms with Gasteiger partial charge in [-0.1, -0.05) is 125 Å². The second-order valence-corrected chi connectivity index (χ2v) is 11.2. The summed E-state index contributed by atoms with van der Waals surface area (Å²) in [7, 11) is 0. The van der Waals surface area contributed by atoms with E-state index in [4.69, 9.17) is 0 Å². The molecule has 1 nitrogen and oxygen atoms in total. The van der Waals surface area contributed by atoms with E-state index in [1.54, 1.807) is 0 Å². The van der Waals surface area contributed by atoms with Crippen molar-refractivity contribution in [3.05, 3.63) is 150 Å². The Hall–Kier alpha value is -4.66. The van der Waals surface area contributed by atoms with Gasteiger partial charge in [-0.3, -0.25) is 0 Å². The van der Waals surface area contributed by atoms with E-state index in [-0.39, 0.29) is 0 Å². The highest BCUT2D eigenvalue weighted by Crippen LogP contribution is 2.53. The van der Waals surface area contributed by atoms with Crippen LogP contribution in [0.3, 0.4) is 0 Å². The second kappa shape index (κ2) is 9.22. The molecule has 1 aliphatic heterocycles. The quantitative estimate of drug-likeness (QED) is 0.203. The van der Waals surface area contributed by atoms with Crippen molar-refractivity contribution in [1.82, 2.24) is 0 Å². The normalized spacial score (nSPS) is 12.1. The van der Waals surface area contributed by atoms with Crippen LogP contribution in [0.5, 0.6) is 0 Å². The number of anilines is 3. The number of hydrogen-bond acceptors (Lipinski definition) is 1. The van der Waals surface area contributed by atoms with Crippen molar-refractivity contribution in [1.29, 1.82) is 0 Å². The van der Waals surface area contributed by atoms with Crippen molar-refractivity contribution in [2.24, 2.45) is 0 Å². The highest BCUT2D eigenvalue weighted by molar-refractivity contribution is 9.10. The van der Waals surface area contributed by atoms with Crippen molar-refractivity contribution in [2.45, 2.75) is 0 Å². The van der Waals surface area contributed by atoms with Gasteiger partial charge in [-0.2, -0.15) is 0 Å². The highest BCUT2D eigenvalue weighted by atomic mass is 79.9. The Morgan fingerprint density at radius 1 is 0.400 bits per heavy atom. The minimum absolute atomic E-state index is 1.09. The molecule has 0 N–H and O–H groups in total. The first-order valence-corrected chi connectivity index (χ1v) is 14.3. The van der Waals surface area contributed by atoms with Crippen LogP contribution in [0.1, 0.15) is 0 Å². The summed E-state index contributed by atoms with van der Waals surface area (Å²) >= 11 is 3.58. The zero-order chi connectivity index (χ0) is 26.6. The molecule has 188 valence electrons. The van der Waals surface area contributed by atoms with Gasteiger partial charge < -0.3 is 4.90 Å². The van der Waals surface area contributed by atoms with Crippen molar-refractivity contribution in [3.63, 3.8) is 0 Å². The summed E-state index contributed by atoms with van der Waals surface area (Å²) in [6.45, 7) is 0. The zero-order valence-corrected chi connectivity index (χ0v) is 23.3. The molecule has 1 aliphatic rings. The Labute approximate surface area is 242 Å². The lowest BCUT2D eigenvalue weighted by atomic mass is 9.88. The first kappa shape index (κ1) is 23.2. The van der Waals surface area contributed by atoms with Crippen LogP contribution in [0.2, 0.25) is 0 Å². The van der Waals surface area contributed by atoms with Gasteiger partial charge >= 0.3 is 0 Å². The first-order chi connectivity index (χ1) is 19.8.